The molecule has 0 saturated carbocycles. The molecule has 2 N–H and O–H groups in total. The average Bonchev–Trinajstić information content (AvgIpc) is 2.55. The molecule has 24 heavy (non-hydrogen) atoms. The Labute approximate surface area is 146 Å². The molecule has 1 fully saturated rings. The second kappa shape index (κ2) is 8.05. The molecule has 0 aromatic rings. The van der Waals surface area contributed by atoms with E-state index in [1.807, 2.05) is 24.3 Å². The topological polar surface area (TPSA) is 67.4 Å². The van der Waals surface area contributed by atoms with Crippen LogP contribution in [0, 0.1) is 11.8 Å². The first-order valence-corrected chi connectivity index (χ1v) is 9.39. The van der Waals surface area contributed by atoms with Crippen LogP contribution in [0.4, 0.5) is 0 Å². The Balaban J connectivity index is 2.09. The minimum absolute atomic E-state index is 0.0265. The van der Waals surface area contributed by atoms with Gasteiger partial charge >= 0.3 is 0 Å². The van der Waals surface area contributed by atoms with E-state index in [2.05, 4.69) is 37.4 Å². The zero-order valence-electron chi connectivity index (χ0n) is 14.5. The molecule has 0 bridgehead atoms. The van der Waals surface area contributed by atoms with Crippen LogP contribution in [0.25, 0.3) is 0 Å². The maximum absolute atomic E-state index is 12.3. The van der Waals surface area contributed by atoms with E-state index in [9.17, 15) is 9.00 Å². The summed E-state index contributed by atoms with van der Waals surface area (Å²) in [7, 11) is 0.362. The van der Waals surface area contributed by atoms with Gasteiger partial charge in [0.25, 0.3) is 0 Å². The largest absolute Gasteiger partial charge is 0.358 e. The van der Waals surface area contributed by atoms with Crippen LogP contribution >= 0.6 is 0 Å². The summed E-state index contributed by atoms with van der Waals surface area (Å²) in [4.78, 5) is 10.5. The van der Waals surface area contributed by atoms with Crippen molar-refractivity contribution in [2.45, 2.75) is 31.2 Å². The van der Waals surface area contributed by atoms with Crippen LogP contribution in [-0.2, 0) is 20.3 Å². The van der Waals surface area contributed by atoms with Crippen molar-refractivity contribution in [3.8, 4) is 0 Å². The van der Waals surface area contributed by atoms with Crippen molar-refractivity contribution in [3.63, 3.8) is 0 Å². The Hall–Kier alpha value is -1.50. The van der Waals surface area contributed by atoms with Crippen molar-refractivity contribution in [2.24, 2.45) is 11.8 Å². The molecule has 1 amide bonds. The molecule has 1 saturated heterocycles. The highest BCUT2D eigenvalue weighted by molar-refractivity contribution is 7.86. The molecule has 0 spiro atoms. The van der Waals surface area contributed by atoms with Crippen LogP contribution in [0.15, 0.2) is 48.6 Å². The molecule has 6 heteroatoms. The maximum atomic E-state index is 12.3. The Morgan fingerprint density at radius 2 is 2.17 bits per heavy atom. The van der Waals surface area contributed by atoms with Crippen LogP contribution < -0.4 is 10.9 Å². The van der Waals surface area contributed by atoms with E-state index < -0.39 is 15.7 Å². The Kier molecular flexibility index (Phi) is 6.32. The third-order valence-corrected chi connectivity index (χ3v) is 6.12. The first-order chi connectivity index (χ1) is 11.4. The molecular formula is C18H26N2O3S. The van der Waals surface area contributed by atoms with Gasteiger partial charge in [0, 0.05) is 31.2 Å². The van der Waals surface area contributed by atoms with Gasteiger partial charge in [0.2, 0.25) is 5.91 Å². The number of allylic oxidation sites excluding steroid dienone is 3. The summed E-state index contributed by atoms with van der Waals surface area (Å²) >= 11 is 0. The molecule has 0 aromatic carbocycles. The number of hydrogen-bond donors (Lipinski definition) is 2. The molecule has 2 aliphatic rings. The van der Waals surface area contributed by atoms with Crippen LogP contribution in [0.1, 0.15) is 20.3 Å². The van der Waals surface area contributed by atoms with Crippen LogP contribution in [0.2, 0.25) is 0 Å². The Morgan fingerprint density at radius 1 is 1.50 bits per heavy atom. The van der Waals surface area contributed by atoms with Crippen molar-refractivity contribution in [2.75, 3.05) is 12.9 Å². The van der Waals surface area contributed by atoms with E-state index >= 15 is 0 Å². The van der Waals surface area contributed by atoms with Crippen LogP contribution in [0.5, 0.6) is 0 Å². The van der Waals surface area contributed by atoms with Gasteiger partial charge in [-0.25, -0.2) is 5.43 Å². The number of amides is 1. The minimum atomic E-state index is -1.20. The standard InChI is InChI=1S/C18H26N2O3S/c1-5-10-24(22)18(23-4)8-6-15(7-9-18)11-13(2)17-14(3)12-16(21)19-20-17/h5-9,11,14-15,17,20H,1,10,12H2,2-4H3,(H,19,21)/b13-11+. The molecule has 2 rings (SSSR count). The highest BCUT2D eigenvalue weighted by atomic mass is 32.2. The number of hydrazine groups is 1. The molecule has 1 aliphatic carbocycles. The number of hydrogen-bond acceptors (Lipinski definition) is 4. The number of carbonyl (C=O) groups excluding carboxylic acids is 1. The van der Waals surface area contributed by atoms with Gasteiger partial charge in [0.15, 0.2) is 4.93 Å². The highest BCUT2D eigenvalue weighted by Crippen LogP contribution is 2.28. The smallest absolute Gasteiger partial charge is 0.234 e. The Morgan fingerprint density at radius 3 is 2.71 bits per heavy atom. The molecule has 5 nitrogen and oxygen atoms in total. The van der Waals surface area contributed by atoms with Gasteiger partial charge in [-0.2, -0.15) is 0 Å². The van der Waals surface area contributed by atoms with Crippen molar-refractivity contribution < 1.29 is 13.7 Å². The highest BCUT2D eigenvalue weighted by Gasteiger charge is 2.33. The third-order valence-electron chi connectivity index (χ3n) is 4.44. The molecule has 1 heterocycles. The number of nitrogens with one attached hydrogen (secondary N) is 2. The summed E-state index contributed by atoms with van der Waals surface area (Å²) in [6.45, 7) is 7.76. The van der Waals surface area contributed by atoms with Gasteiger partial charge in [-0.3, -0.25) is 14.4 Å². The monoisotopic (exact) mass is 350 g/mol. The average molecular weight is 350 g/mol. The Bertz CT molecular complexity index is 595. The zero-order chi connectivity index (χ0) is 17.7. The predicted molar refractivity (Wildman–Crippen MR) is 97.3 cm³/mol. The quantitative estimate of drug-likeness (QED) is 0.719. The number of rotatable bonds is 6. The number of carbonyl (C=O) groups is 1. The molecule has 1 aliphatic heterocycles. The minimum Gasteiger partial charge on any atom is -0.358 e. The van der Waals surface area contributed by atoms with Crippen molar-refractivity contribution >= 4 is 16.7 Å². The lowest BCUT2D eigenvalue weighted by atomic mass is 9.88. The SMILES string of the molecule is C=CCS(=O)C1(OC)C=CC(/C=C(\C)C2NNC(=O)CC2C)C=C1. The van der Waals surface area contributed by atoms with Crippen LogP contribution in [-0.4, -0.2) is 34.0 Å². The van der Waals surface area contributed by atoms with E-state index in [0.29, 0.717) is 12.2 Å². The first kappa shape index (κ1) is 18.8. The molecule has 3 unspecified atom stereocenters. The molecular weight excluding hydrogens is 324 g/mol. The summed E-state index contributed by atoms with van der Waals surface area (Å²) in [6, 6.07) is 0.119. The fraction of sp³-hybridized carbons (Fsp3) is 0.500. The van der Waals surface area contributed by atoms with E-state index in [-0.39, 0.29) is 23.8 Å². The van der Waals surface area contributed by atoms with E-state index in [0.717, 1.165) is 0 Å². The normalized spacial score (nSPS) is 34.7. The predicted octanol–water partition coefficient (Wildman–Crippen LogP) is 1.98. The lowest BCUT2D eigenvalue weighted by Crippen LogP contribution is -2.53. The van der Waals surface area contributed by atoms with Gasteiger partial charge in [-0.05, 0) is 25.0 Å². The van der Waals surface area contributed by atoms with Gasteiger partial charge in [0.1, 0.15) is 0 Å². The van der Waals surface area contributed by atoms with Crippen LogP contribution in [0.3, 0.4) is 0 Å². The second-order valence-corrected chi connectivity index (χ2v) is 7.95. The molecule has 0 aromatic heterocycles. The van der Waals surface area contributed by atoms with Gasteiger partial charge < -0.3 is 4.74 Å². The summed E-state index contributed by atoms with van der Waals surface area (Å²) in [6.07, 6.45) is 12.0. The molecule has 0 radical (unpaired) electrons. The molecule has 3 atom stereocenters. The van der Waals surface area contributed by atoms with Crippen molar-refractivity contribution in [3.05, 3.63) is 48.6 Å². The second-order valence-electron chi connectivity index (χ2n) is 6.28. The van der Waals surface area contributed by atoms with Crippen molar-refractivity contribution in [1.29, 1.82) is 0 Å². The third kappa shape index (κ3) is 4.12. The zero-order valence-corrected chi connectivity index (χ0v) is 15.3. The van der Waals surface area contributed by atoms with Gasteiger partial charge in [-0.15, -0.1) is 6.58 Å². The number of methoxy groups -OCH3 is 1. The van der Waals surface area contributed by atoms with E-state index in [4.69, 9.17) is 4.74 Å². The number of ether oxygens (including phenoxy) is 1. The first-order valence-electron chi connectivity index (χ1n) is 8.07. The lowest BCUT2D eigenvalue weighted by molar-refractivity contribution is -0.125. The summed E-state index contributed by atoms with van der Waals surface area (Å²) in [5, 5.41) is 0. The van der Waals surface area contributed by atoms with Gasteiger partial charge in [0.05, 0.1) is 10.8 Å². The van der Waals surface area contributed by atoms with Gasteiger partial charge in [-0.1, -0.05) is 36.8 Å². The van der Waals surface area contributed by atoms with E-state index in [1.165, 1.54) is 5.57 Å². The summed E-state index contributed by atoms with van der Waals surface area (Å²) in [5.41, 5.74) is 6.93. The maximum Gasteiger partial charge on any atom is 0.234 e. The van der Waals surface area contributed by atoms with E-state index in [1.54, 1.807) is 13.2 Å². The molecule has 132 valence electrons. The lowest BCUT2D eigenvalue weighted by Gasteiger charge is -2.32. The fourth-order valence-corrected chi connectivity index (χ4v) is 4.19. The summed E-state index contributed by atoms with van der Waals surface area (Å²) < 4.78 is 17.8. The fourth-order valence-electron chi connectivity index (χ4n) is 3.07. The summed E-state index contributed by atoms with van der Waals surface area (Å²) in [5.74, 6) is 0.759. The van der Waals surface area contributed by atoms with Crippen molar-refractivity contribution in [1.82, 2.24) is 10.9 Å².